The molecule has 3 heteroatoms. The van der Waals surface area contributed by atoms with Gasteiger partial charge in [-0.25, -0.2) is 4.98 Å². The normalized spacial score (nSPS) is 11.8. The SMILES string of the molecule is c1ccc(-c2c(-c3ccccc3)c3c(nc4ccccn43)c3sc4ccccc4c23)cc1. The van der Waals surface area contributed by atoms with E-state index in [1.165, 1.54) is 47.9 Å². The summed E-state index contributed by atoms with van der Waals surface area (Å²) < 4.78 is 4.79. The van der Waals surface area contributed by atoms with Crippen LogP contribution in [0.15, 0.2) is 109 Å². The summed E-state index contributed by atoms with van der Waals surface area (Å²) in [6, 6.07) is 36.5. The van der Waals surface area contributed by atoms with E-state index >= 15 is 0 Å². The van der Waals surface area contributed by atoms with Crippen LogP contribution in [0.5, 0.6) is 0 Å². The van der Waals surface area contributed by atoms with Crippen LogP contribution in [0.4, 0.5) is 0 Å². The van der Waals surface area contributed by atoms with E-state index in [-0.39, 0.29) is 0 Å². The smallest absolute Gasteiger partial charge is 0.137 e. The molecule has 32 heavy (non-hydrogen) atoms. The lowest BCUT2D eigenvalue weighted by Crippen LogP contribution is -1.92. The van der Waals surface area contributed by atoms with Gasteiger partial charge in [0.1, 0.15) is 11.2 Å². The summed E-state index contributed by atoms with van der Waals surface area (Å²) >= 11 is 1.84. The van der Waals surface area contributed by atoms with Crippen LogP contribution in [-0.4, -0.2) is 9.38 Å². The Morgan fingerprint density at radius 2 is 1.28 bits per heavy atom. The Hall–Kier alpha value is -3.95. The quantitative estimate of drug-likeness (QED) is 0.272. The predicted octanol–water partition coefficient (Wildman–Crippen LogP) is 8.19. The largest absolute Gasteiger partial charge is 0.299 e. The third-order valence-electron chi connectivity index (χ3n) is 6.20. The molecule has 0 aliphatic heterocycles. The van der Waals surface area contributed by atoms with Crippen molar-refractivity contribution in [3.63, 3.8) is 0 Å². The van der Waals surface area contributed by atoms with E-state index in [1.807, 2.05) is 11.3 Å². The van der Waals surface area contributed by atoms with Gasteiger partial charge in [0.25, 0.3) is 0 Å². The summed E-state index contributed by atoms with van der Waals surface area (Å²) in [5.41, 5.74) is 8.18. The summed E-state index contributed by atoms with van der Waals surface area (Å²) in [6.45, 7) is 0. The molecule has 0 aliphatic carbocycles. The summed E-state index contributed by atoms with van der Waals surface area (Å²) in [5.74, 6) is 0. The summed E-state index contributed by atoms with van der Waals surface area (Å²) in [7, 11) is 0. The van der Waals surface area contributed by atoms with Gasteiger partial charge < -0.3 is 0 Å². The number of benzene rings is 4. The van der Waals surface area contributed by atoms with Crippen molar-refractivity contribution in [2.45, 2.75) is 0 Å². The molecule has 0 amide bonds. The monoisotopic (exact) mass is 426 g/mol. The van der Waals surface area contributed by atoms with Gasteiger partial charge in [-0.15, -0.1) is 11.3 Å². The minimum atomic E-state index is 0.976. The van der Waals surface area contributed by atoms with Crippen LogP contribution >= 0.6 is 11.3 Å². The predicted molar refractivity (Wildman–Crippen MR) is 136 cm³/mol. The highest BCUT2D eigenvalue weighted by Gasteiger charge is 2.24. The molecule has 4 aromatic carbocycles. The number of fused-ring (bicyclic) bond motifs is 7. The Balaban J connectivity index is 1.85. The molecule has 3 aromatic heterocycles. The first-order chi connectivity index (χ1) is 15.9. The zero-order valence-corrected chi connectivity index (χ0v) is 18.0. The van der Waals surface area contributed by atoms with Crippen LogP contribution in [0.25, 0.3) is 59.1 Å². The number of pyridine rings is 1. The number of imidazole rings is 1. The fourth-order valence-corrected chi connectivity index (χ4v) is 6.08. The highest BCUT2D eigenvalue weighted by atomic mass is 32.1. The molecule has 0 aliphatic rings. The molecular weight excluding hydrogens is 408 g/mol. The molecule has 0 fully saturated rings. The van der Waals surface area contributed by atoms with Gasteiger partial charge in [-0.1, -0.05) is 84.9 Å². The van der Waals surface area contributed by atoms with Gasteiger partial charge >= 0.3 is 0 Å². The van der Waals surface area contributed by atoms with Crippen molar-refractivity contribution >= 4 is 48.2 Å². The van der Waals surface area contributed by atoms with Crippen LogP contribution in [0.2, 0.25) is 0 Å². The van der Waals surface area contributed by atoms with E-state index < -0.39 is 0 Å². The lowest BCUT2D eigenvalue weighted by atomic mass is 9.89. The van der Waals surface area contributed by atoms with Gasteiger partial charge in [-0.05, 0) is 29.3 Å². The van der Waals surface area contributed by atoms with E-state index in [0.29, 0.717) is 0 Å². The fraction of sp³-hybridized carbons (Fsp3) is 0. The maximum Gasteiger partial charge on any atom is 0.137 e. The second-order valence-corrected chi connectivity index (χ2v) is 9.07. The minimum absolute atomic E-state index is 0.976. The second kappa shape index (κ2) is 6.78. The van der Waals surface area contributed by atoms with E-state index in [0.717, 1.165) is 11.2 Å². The summed E-state index contributed by atoms with van der Waals surface area (Å²) in [5, 5.41) is 2.59. The number of aromatic nitrogens is 2. The molecule has 0 N–H and O–H groups in total. The first-order valence-electron chi connectivity index (χ1n) is 10.7. The van der Waals surface area contributed by atoms with Crippen molar-refractivity contribution in [1.82, 2.24) is 9.38 Å². The van der Waals surface area contributed by atoms with E-state index in [4.69, 9.17) is 4.98 Å². The minimum Gasteiger partial charge on any atom is -0.299 e. The van der Waals surface area contributed by atoms with Gasteiger partial charge in [-0.2, -0.15) is 0 Å². The molecule has 3 heterocycles. The van der Waals surface area contributed by atoms with Crippen LogP contribution in [0.3, 0.4) is 0 Å². The molecule has 150 valence electrons. The highest BCUT2D eigenvalue weighted by molar-refractivity contribution is 7.26. The molecule has 0 radical (unpaired) electrons. The maximum atomic E-state index is 5.13. The van der Waals surface area contributed by atoms with Crippen LogP contribution < -0.4 is 0 Å². The molecule has 7 aromatic rings. The van der Waals surface area contributed by atoms with Crippen molar-refractivity contribution < 1.29 is 0 Å². The van der Waals surface area contributed by atoms with Crippen molar-refractivity contribution in [1.29, 1.82) is 0 Å². The number of thiophene rings is 1. The zero-order chi connectivity index (χ0) is 21.1. The van der Waals surface area contributed by atoms with Crippen LogP contribution in [0.1, 0.15) is 0 Å². The van der Waals surface area contributed by atoms with Crippen molar-refractivity contribution in [2.24, 2.45) is 0 Å². The van der Waals surface area contributed by atoms with Gasteiger partial charge in [0, 0.05) is 32.8 Å². The molecule has 7 rings (SSSR count). The molecule has 0 saturated carbocycles. The Morgan fingerprint density at radius 1 is 0.625 bits per heavy atom. The number of hydrogen-bond acceptors (Lipinski definition) is 2. The molecule has 0 bridgehead atoms. The Kier molecular flexibility index (Phi) is 3.75. The first-order valence-corrected chi connectivity index (χ1v) is 11.6. The van der Waals surface area contributed by atoms with Crippen molar-refractivity contribution in [2.75, 3.05) is 0 Å². The lowest BCUT2D eigenvalue weighted by molar-refractivity contribution is 1.23. The number of rotatable bonds is 2. The number of nitrogens with zero attached hydrogens (tertiary/aromatic N) is 2. The Morgan fingerprint density at radius 3 is 2.06 bits per heavy atom. The van der Waals surface area contributed by atoms with E-state index in [9.17, 15) is 0 Å². The second-order valence-electron chi connectivity index (χ2n) is 8.02. The topological polar surface area (TPSA) is 17.3 Å². The first kappa shape index (κ1) is 17.7. The van der Waals surface area contributed by atoms with Gasteiger partial charge in [0.05, 0.1) is 10.2 Å². The Bertz CT molecular complexity index is 1630. The van der Waals surface area contributed by atoms with Crippen molar-refractivity contribution in [3.8, 4) is 22.3 Å². The molecule has 0 unspecified atom stereocenters. The van der Waals surface area contributed by atoms with Gasteiger partial charge in [0.15, 0.2) is 0 Å². The average molecular weight is 427 g/mol. The summed E-state index contributed by atoms with van der Waals surface area (Å²) in [4.78, 5) is 5.13. The fourth-order valence-electron chi connectivity index (χ4n) is 4.88. The molecule has 0 atom stereocenters. The lowest BCUT2D eigenvalue weighted by Gasteiger charge is -2.15. The highest BCUT2D eigenvalue weighted by Crippen LogP contribution is 2.49. The molecule has 0 spiro atoms. The number of hydrogen-bond donors (Lipinski definition) is 0. The molecule has 0 saturated heterocycles. The third-order valence-corrected chi connectivity index (χ3v) is 7.38. The van der Waals surface area contributed by atoms with Gasteiger partial charge in [-0.3, -0.25) is 4.40 Å². The standard InChI is InChI=1S/C29H18N2S/c1-3-11-19(12-4-1)24-25(20-13-5-2-6-14-20)28-27(30-23-17-9-10-18-31(23)28)29-26(24)21-15-7-8-16-22(21)32-29/h1-18H. The summed E-state index contributed by atoms with van der Waals surface area (Å²) in [6.07, 6.45) is 2.13. The average Bonchev–Trinajstić information content (AvgIpc) is 3.43. The van der Waals surface area contributed by atoms with Crippen molar-refractivity contribution in [3.05, 3.63) is 109 Å². The molecular formula is C29H18N2S. The van der Waals surface area contributed by atoms with E-state index in [1.54, 1.807) is 0 Å². The van der Waals surface area contributed by atoms with Crippen LogP contribution in [0, 0.1) is 0 Å². The van der Waals surface area contributed by atoms with Crippen LogP contribution in [-0.2, 0) is 0 Å². The maximum absolute atomic E-state index is 5.13. The van der Waals surface area contributed by atoms with Gasteiger partial charge in [0.2, 0.25) is 0 Å². The zero-order valence-electron chi connectivity index (χ0n) is 17.2. The molecule has 2 nitrogen and oxygen atoms in total. The van der Waals surface area contributed by atoms with E-state index in [2.05, 4.69) is 114 Å². The Labute approximate surface area is 189 Å². The third kappa shape index (κ3) is 2.43.